The largest absolute Gasteiger partial charge is 0.354 e. The van der Waals surface area contributed by atoms with Crippen LogP contribution in [0.1, 0.15) is 28.2 Å². The standard InChI is InChI=1S/C11H17N3O.ClH/c1-7-5-8(2)13-10(7)11(15)14-4-3-9(12)6-14;/h5,9,13H,3-4,6,12H2,1-2H3;1H/t9-;/m1./s1. The molecule has 2 heterocycles. The zero-order valence-corrected chi connectivity index (χ0v) is 10.4. The van der Waals surface area contributed by atoms with E-state index >= 15 is 0 Å². The molecule has 1 saturated heterocycles. The van der Waals surface area contributed by atoms with E-state index in [0.29, 0.717) is 12.2 Å². The van der Waals surface area contributed by atoms with Gasteiger partial charge in [-0.05, 0) is 31.9 Å². The SMILES string of the molecule is Cc1cc(C)c(C(=O)N2CC[C@@H](N)C2)[nH]1.Cl. The number of rotatable bonds is 1. The minimum Gasteiger partial charge on any atom is -0.354 e. The number of amides is 1. The summed E-state index contributed by atoms with van der Waals surface area (Å²) in [5, 5.41) is 0. The van der Waals surface area contributed by atoms with Gasteiger partial charge in [0.1, 0.15) is 5.69 Å². The second-order valence-electron chi connectivity index (χ2n) is 4.31. The molecule has 1 amide bonds. The van der Waals surface area contributed by atoms with Crippen molar-refractivity contribution >= 4 is 18.3 Å². The van der Waals surface area contributed by atoms with Gasteiger partial charge in [0, 0.05) is 24.8 Å². The molecule has 0 radical (unpaired) electrons. The highest BCUT2D eigenvalue weighted by atomic mass is 35.5. The van der Waals surface area contributed by atoms with Crippen LogP contribution >= 0.6 is 12.4 Å². The van der Waals surface area contributed by atoms with Crippen molar-refractivity contribution < 1.29 is 4.79 Å². The highest BCUT2D eigenvalue weighted by Gasteiger charge is 2.26. The lowest BCUT2D eigenvalue weighted by Crippen LogP contribution is -2.32. The second kappa shape index (κ2) is 4.89. The monoisotopic (exact) mass is 243 g/mol. The molecule has 1 aliphatic heterocycles. The molecule has 90 valence electrons. The van der Waals surface area contributed by atoms with Crippen LogP contribution in [-0.4, -0.2) is 34.9 Å². The van der Waals surface area contributed by atoms with Gasteiger partial charge in [-0.3, -0.25) is 4.79 Å². The first-order valence-corrected chi connectivity index (χ1v) is 5.29. The summed E-state index contributed by atoms with van der Waals surface area (Å²) in [6, 6.07) is 2.13. The summed E-state index contributed by atoms with van der Waals surface area (Å²) in [6.45, 7) is 5.36. The smallest absolute Gasteiger partial charge is 0.270 e. The molecule has 5 heteroatoms. The lowest BCUT2D eigenvalue weighted by atomic mass is 10.2. The second-order valence-corrected chi connectivity index (χ2v) is 4.31. The van der Waals surface area contributed by atoms with Crippen LogP contribution in [0.3, 0.4) is 0 Å². The Bertz CT molecular complexity index is 389. The topological polar surface area (TPSA) is 62.1 Å². The number of hydrogen-bond donors (Lipinski definition) is 2. The Balaban J connectivity index is 0.00000128. The number of nitrogens with one attached hydrogen (secondary N) is 1. The minimum atomic E-state index is 0. The summed E-state index contributed by atoms with van der Waals surface area (Å²) in [5.41, 5.74) is 8.53. The fourth-order valence-corrected chi connectivity index (χ4v) is 2.08. The molecule has 1 aromatic rings. The molecule has 1 aliphatic rings. The van der Waals surface area contributed by atoms with Crippen LogP contribution < -0.4 is 5.73 Å². The van der Waals surface area contributed by atoms with Gasteiger partial charge in [-0.1, -0.05) is 0 Å². The zero-order chi connectivity index (χ0) is 11.0. The Morgan fingerprint density at radius 2 is 2.25 bits per heavy atom. The van der Waals surface area contributed by atoms with E-state index in [-0.39, 0.29) is 24.4 Å². The maximum Gasteiger partial charge on any atom is 0.270 e. The van der Waals surface area contributed by atoms with Gasteiger partial charge in [0.15, 0.2) is 0 Å². The Hall–Kier alpha value is -1.00. The number of likely N-dealkylation sites (tertiary alicyclic amines) is 1. The van der Waals surface area contributed by atoms with Crippen LogP contribution in [-0.2, 0) is 0 Å². The van der Waals surface area contributed by atoms with E-state index in [0.717, 1.165) is 24.2 Å². The first-order valence-electron chi connectivity index (χ1n) is 5.29. The molecule has 0 spiro atoms. The van der Waals surface area contributed by atoms with Crippen LogP contribution in [0.15, 0.2) is 6.07 Å². The fourth-order valence-electron chi connectivity index (χ4n) is 2.08. The van der Waals surface area contributed by atoms with E-state index in [4.69, 9.17) is 5.73 Å². The molecule has 1 aromatic heterocycles. The van der Waals surface area contributed by atoms with Crippen molar-refractivity contribution in [2.75, 3.05) is 13.1 Å². The van der Waals surface area contributed by atoms with Gasteiger partial charge in [-0.2, -0.15) is 0 Å². The van der Waals surface area contributed by atoms with Gasteiger partial charge in [0.25, 0.3) is 5.91 Å². The fraction of sp³-hybridized carbons (Fsp3) is 0.545. The van der Waals surface area contributed by atoms with E-state index in [1.54, 1.807) is 0 Å². The lowest BCUT2D eigenvalue weighted by molar-refractivity contribution is 0.0785. The molecule has 0 aromatic carbocycles. The van der Waals surface area contributed by atoms with Crippen molar-refractivity contribution in [3.05, 3.63) is 23.0 Å². The Morgan fingerprint density at radius 1 is 1.56 bits per heavy atom. The average molecular weight is 244 g/mol. The molecular formula is C11H18ClN3O. The van der Waals surface area contributed by atoms with Crippen LogP contribution in [0, 0.1) is 13.8 Å². The molecule has 0 saturated carbocycles. The first-order chi connectivity index (χ1) is 7.08. The molecule has 16 heavy (non-hydrogen) atoms. The number of hydrogen-bond acceptors (Lipinski definition) is 2. The summed E-state index contributed by atoms with van der Waals surface area (Å²) in [7, 11) is 0. The van der Waals surface area contributed by atoms with Gasteiger partial charge < -0.3 is 15.6 Å². The molecule has 0 unspecified atom stereocenters. The Morgan fingerprint density at radius 3 is 2.69 bits per heavy atom. The summed E-state index contributed by atoms with van der Waals surface area (Å²) < 4.78 is 0. The normalized spacial score (nSPS) is 19.7. The molecule has 1 fully saturated rings. The number of aromatic amines is 1. The summed E-state index contributed by atoms with van der Waals surface area (Å²) in [5.74, 6) is 0.0774. The number of H-pyrrole nitrogens is 1. The Kier molecular flexibility index (Phi) is 3.99. The molecule has 0 aliphatic carbocycles. The third-order valence-corrected chi connectivity index (χ3v) is 2.88. The van der Waals surface area contributed by atoms with E-state index in [1.165, 1.54) is 0 Å². The first kappa shape index (κ1) is 13.1. The van der Waals surface area contributed by atoms with Gasteiger partial charge in [0.05, 0.1) is 0 Å². The van der Waals surface area contributed by atoms with Crippen molar-refractivity contribution in [2.45, 2.75) is 26.3 Å². The molecule has 1 atom stereocenters. The average Bonchev–Trinajstić information content (AvgIpc) is 2.71. The Labute approximate surface area is 102 Å². The number of halogens is 1. The van der Waals surface area contributed by atoms with Crippen molar-refractivity contribution in [3.8, 4) is 0 Å². The van der Waals surface area contributed by atoms with Crippen molar-refractivity contribution in [3.63, 3.8) is 0 Å². The number of nitrogens with two attached hydrogens (primary N) is 1. The van der Waals surface area contributed by atoms with Crippen molar-refractivity contribution in [1.29, 1.82) is 0 Å². The zero-order valence-electron chi connectivity index (χ0n) is 9.62. The number of carbonyl (C=O) groups is 1. The van der Waals surface area contributed by atoms with Gasteiger partial charge in [0.2, 0.25) is 0 Å². The number of aromatic nitrogens is 1. The molecule has 0 bridgehead atoms. The number of nitrogens with zero attached hydrogens (tertiary/aromatic N) is 1. The number of aryl methyl sites for hydroxylation is 2. The minimum absolute atomic E-state index is 0. The van der Waals surface area contributed by atoms with E-state index in [2.05, 4.69) is 4.98 Å². The predicted octanol–water partition coefficient (Wildman–Crippen LogP) is 1.23. The third kappa shape index (κ3) is 2.39. The van der Waals surface area contributed by atoms with Crippen LogP contribution in [0.5, 0.6) is 0 Å². The van der Waals surface area contributed by atoms with Crippen LogP contribution in [0.25, 0.3) is 0 Å². The quantitative estimate of drug-likeness (QED) is 0.779. The summed E-state index contributed by atoms with van der Waals surface area (Å²) in [4.78, 5) is 17.0. The van der Waals surface area contributed by atoms with Gasteiger partial charge in [-0.25, -0.2) is 0 Å². The van der Waals surface area contributed by atoms with E-state index < -0.39 is 0 Å². The van der Waals surface area contributed by atoms with E-state index in [1.807, 2.05) is 24.8 Å². The van der Waals surface area contributed by atoms with Gasteiger partial charge in [-0.15, -0.1) is 12.4 Å². The summed E-state index contributed by atoms with van der Waals surface area (Å²) >= 11 is 0. The molecule has 2 rings (SSSR count). The molecular weight excluding hydrogens is 226 g/mol. The van der Waals surface area contributed by atoms with Crippen LogP contribution in [0.2, 0.25) is 0 Å². The lowest BCUT2D eigenvalue weighted by Gasteiger charge is -2.15. The molecule has 4 nitrogen and oxygen atoms in total. The maximum absolute atomic E-state index is 12.1. The predicted molar refractivity (Wildman–Crippen MR) is 66.0 cm³/mol. The van der Waals surface area contributed by atoms with Crippen molar-refractivity contribution in [1.82, 2.24) is 9.88 Å². The number of carbonyl (C=O) groups excluding carboxylic acids is 1. The highest BCUT2D eigenvalue weighted by molar-refractivity contribution is 5.94. The molecule has 3 N–H and O–H groups in total. The van der Waals surface area contributed by atoms with E-state index in [9.17, 15) is 4.79 Å². The van der Waals surface area contributed by atoms with Crippen LogP contribution in [0.4, 0.5) is 0 Å². The third-order valence-electron chi connectivity index (χ3n) is 2.88. The maximum atomic E-state index is 12.1. The highest BCUT2D eigenvalue weighted by Crippen LogP contribution is 2.15. The van der Waals surface area contributed by atoms with Gasteiger partial charge >= 0.3 is 0 Å². The summed E-state index contributed by atoms with van der Waals surface area (Å²) in [6.07, 6.45) is 0.907. The van der Waals surface area contributed by atoms with Crippen molar-refractivity contribution in [2.24, 2.45) is 5.73 Å².